The van der Waals surface area contributed by atoms with E-state index < -0.39 is 31.1 Å². The zero-order valence-corrected chi connectivity index (χ0v) is 19.0. The summed E-state index contributed by atoms with van der Waals surface area (Å²) in [6.07, 6.45) is -0.759. The highest BCUT2D eigenvalue weighted by molar-refractivity contribution is 14.1. The van der Waals surface area contributed by atoms with Crippen molar-refractivity contribution in [1.29, 1.82) is 0 Å². The van der Waals surface area contributed by atoms with E-state index >= 15 is 0 Å². The van der Waals surface area contributed by atoms with Crippen LogP contribution >= 0.6 is 34.2 Å². The van der Waals surface area contributed by atoms with Gasteiger partial charge in [0, 0.05) is 21.6 Å². The predicted octanol–water partition coefficient (Wildman–Crippen LogP) is 4.87. The summed E-state index contributed by atoms with van der Waals surface area (Å²) in [5.74, 6) is -2.89. The standard InChI is InChI=1S/C21H21ClF2INO3/c1-13-7-15(22)8-18(25)17(13)9-19-20(27)26(11-21(23,24)12-29-19)10-14-3-5-16(28-2)6-4-14/h3-8,19H,9-12H2,1-2H3. The lowest BCUT2D eigenvalue weighted by molar-refractivity contribution is -0.141. The second kappa shape index (κ2) is 9.14. The van der Waals surface area contributed by atoms with Crippen LogP contribution in [0, 0.1) is 10.5 Å². The molecule has 0 N–H and O–H groups in total. The van der Waals surface area contributed by atoms with Crippen LogP contribution in [-0.2, 0) is 22.5 Å². The van der Waals surface area contributed by atoms with Gasteiger partial charge >= 0.3 is 0 Å². The van der Waals surface area contributed by atoms with Crippen LogP contribution < -0.4 is 4.74 Å². The van der Waals surface area contributed by atoms with Crippen molar-refractivity contribution in [1.82, 2.24) is 4.90 Å². The fourth-order valence-electron chi connectivity index (χ4n) is 3.31. The Hall–Kier alpha value is -1.45. The number of aryl methyl sites for hydroxylation is 1. The molecule has 0 bridgehead atoms. The molecule has 2 aromatic carbocycles. The van der Waals surface area contributed by atoms with E-state index in [1.807, 2.05) is 6.92 Å². The Kier molecular flexibility index (Phi) is 7.01. The first-order valence-electron chi connectivity index (χ1n) is 9.04. The molecule has 1 amide bonds. The summed E-state index contributed by atoms with van der Waals surface area (Å²) in [5.41, 5.74) is 2.52. The molecule has 1 heterocycles. The topological polar surface area (TPSA) is 38.8 Å². The summed E-state index contributed by atoms with van der Waals surface area (Å²) >= 11 is 8.21. The molecule has 0 saturated carbocycles. The molecule has 0 spiro atoms. The van der Waals surface area contributed by atoms with Gasteiger partial charge in [-0.05, 0) is 70.5 Å². The summed E-state index contributed by atoms with van der Waals surface area (Å²) < 4.78 is 39.9. The van der Waals surface area contributed by atoms with Crippen molar-refractivity contribution >= 4 is 40.1 Å². The second-order valence-electron chi connectivity index (χ2n) is 7.09. The minimum absolute atomic E-state index is 0.0783. The molecule has 0 aliphatic carbocycles. The third-order valence-corrected chi connectivity index (χ3v) is 5.99. The van der Waals surface area contributed by atoms with Gasteiger partial charge in [0.2, 0.25) is 0 Å². The van der Waals surface area contributed by atoms with E-state index in [0.29, 0.717) is 10.8 Å². The van der Waals surface area contributed by atoms with Crippen LogP contribution in [0.1, 0.15) is 16.7 Å². The average Bonchev–Trinajstić information content (AvgIpc) is 2.76. The van der Waals surface area contributed by atoms with Gasteiger partial charge in [-0.25, -0.2) is 8.78 Å². The van der Waals surface area contributed by atoms with E-state index in [1.54, 1.807) is 43.5 Å². The summed E-state index contributed by atoms with van der Waals surface area (Å²) in [6, 6.07) is 10.6. The molecule has 29 heavy (non-hydrogen) atoms. The number of hydrogen-bond donors (Lipinski definition) is 0. The molecule has 2 aromatic rings. The van der Waals surface area contributed by atoms with Gasteiger partial charge in [0.05, 0.1) is 13.7 Å². The van der Waals surface area contributed by atoms with Gasteiger partial charge < -0.3 is 14.4 Å². The number of ether oxygens (including phenoxy) is 2. The van der Waals surface area contributed by atoms with Crippen LogP contribution in [0.4, 0.5) is 8.78 Å². The number of carbonyl (C=O) groups excluding carboxylic acids is 1. The molecule has 1 atom stereocenters. The zero-order valence-electron chi connectivity index (χ0n) is 16.1. The van der Waals surface area contributed by atoms with Crippen molar-refractivity contribution in [2.75, 3.05) is 20.3 Å². The summed E-state index contributed by atoms with van der Waals surface area (Å²) in [6.45, 7) is 0.500. The van der Waals surface area contributed by atoms with E-state index in [1.165, 1.54) is 4.90 Å². The Morgan fingerprint density at radius 1 is 1.31 bits per heavy atom. The van der Waals surface area contributed by atoms with Crippen LogP contribution in [0.15, 0.2) is 36.4 Å². The van der Waals surface area contributed by atoms with E-state index in [-0.39, 0.29) is 13.0 Å². The van der Waals surface area contributed by atoms with Crippen molar-refractivity contribution in [3.63, 3.8) is 0 Å². The maximum absolute atomic E-state index is 14.3. The molecular formula is C21H21ClF2INO3. The number of amides is 1. The molecule has 0 radical (unpaired) electrons. The molecule has 156 valence electrons. The van der Waals surface area contributed by atoms with Gasteiger partial charge in [0.25, 0.3) is 11.8 Å². The Labute approximate surface area is 187 Å². The van der Waals surface area contributed by atoms with Crippen molar-refractivity contribution in [3.05, 3.63) is 61.7 Å². The molecule has 1 aliphatic rings. The van der Waals surface area contributed by atoms with Crippen molar-refractivity contribution in [2.24, 2.45) is 0 Å². The maximum atomic E-state index is 14.3. The smallest absolute Gasteiger partial charge is 0.288 e. The van der Waals surface area contributed by atoms with Gasteiger partial charge in [-0.2, -0.15) is 0 Å². The number of carbonyl (C=O) groups is 1. The highest BCUT2D eigenvalue weighted by Gasteiger charge is 2.41. The summed E-state index contributed by atoms with van der Waals surface area (Å²) in [7, 11) is 1.55. The first kappa shape index (κ1) is 22.2. The van der Waals surface area contributed by atoms with Crippen LogP contribution in [0.25, 0.3) is 0 Å². The molecule has 0 aromatic heterocycles. The number of rotatable bonds is 5. The Balaban J connectivity index is 1.84. The molecule has 4 nitrogen and oxygen atoms in total. The van der Waals surface area contributed by atoms with E-state index in [9.17, 15) is 13.6 Å². The van der Waals surface area contributed by atoms with Gasteiger partial charge in [0.1, 0.15) is 18.5 Å². The molecule has 1 saturated heterocycles. The molecular weight excluding hydrogens is 515 g/mol. The first-order valence-corrected chi connectivity index (χ1v) is 10.5. The van der Waals surface area contributed by atoms with Gasteiger partial charge in [-0.1, -0.05) is 23.7 Å². The van der Waals surface area contributed by atoms with Gasteiger partial charge in [-0.3, -0.25) is 4.79 Å². The highest BCUT2D eigenvalue weighted by Crippen LogP contribution is 2.28. The van der Waals surface area contributed by atoms with Crippen LogP contribution in [0.3, 0.4) is 0 Å². The lowest BCUT2D eigenvalue weighted by atomic mass is 10.0. The Morgan fingerprint density at radius 2 is 2.00 bits per heavy atom. The minimum Gasteiger partial charge on any atom is -0.497 e. The van der Waals surface area contributed by atoms with E-state index in [2.05, 4.69) is 22.6 Å². The SMILES string of the molecule is COc1ccc(CN2CC(F)(F)COC(Cc3c(C)cc(Cl)cc3I)C2=O)cc1. The fourth-order valence-corrected chi connectivity index (χ4v) is 4.75. The fraction of sp³-hybridized carbons (Fsp3) is 0.381. The molecule has 1 aliphatic heterocycles. The number of hydrogen-bond acceptors (Lipinski definition) is 3. The third-order valence-electron chi connectivity index (χ3n) is 4.81. The van der Waals surface area contributed by atoms with Gasteiger partial charge in [-0.15, -0.1) is 0 Å². The lowest BCUT2D eigenvalue weighted by Crippen LogP contribution is -2.42. The highest BCUT2D eigenvalue weighted by atomic mass is 127. The number of nitrogens with zero attached hydrogens (tertiary/aromatic N) is 1. The first-order chi connectivity index (χ1) is 13.7. The van der Waals surface area contributed by atoms with Crippen LogP contribution in [0.2, 0.25) is 5.02 Å². The average molecular weight is 536 g/mol. The largest absolute Gasteiger partial charge is 0.497 e. The Morgan fingerprint density at radius 3 is 2.62 bits per heavy atom. The lowest BCUT2D eigenvalue weighted by Gasteiger charge is -2.25. The minimum atomic E-state index is -3.11. The molecule has 1 fully saturated rings. The van der Waals surface area contributed by atoms with E-state index in [4.69, 9.17) is 21.1 Å². The maximum Gasteiger partial charge on any atom is 0.288 e. The van der Waals surface area contributed by atoms with Crippen molar-refractivity contribution < 1.29 is 23.0 Å². The number of methoxy groups -OCH3 is 1. The van der Waals surface area contributed by atoms with Crippen LogP contribution in [-0.4, -0.2) is 43.1 Å². The van der Waals surface area contributed by atoms with E-state index in [0.717, 1.165) is 20.3 Å². The molecule has 1 unspecified atom stereocenters. The zero-order chi connectivity index (χ0) is 21.2. The summed E-state index contributed by atoms with van der Waals surface area (Å²) in [5, 5.41) is 0.594. The van der Waals surface area contributed by atoms with Crippen molar-refractivity contribution in [3.8, 4) is 5.75 Å². The van der Waals surface area contributed by atoms with Gasteiger partial charge in [0.15, 0.2) is 0 Å². The molecule has 8 heteroatoms. The number of halogens is 4. The molecule has 3 rings (SSSR count). The third kappa shape index (κ3) is 5.58. The Bertz CT molecular complexity index is 869. The number of alkyl halides is 2. The monoisotopic (exact) mass is 535 g/mol. The van der Waals surface area contributed by atoms with Crippen LogP contribution in [0.5, 0.6) is 5.75 Å². The summed E-state index contributed by atoms with van der Waals surface area (Å²) in [4.78, 5) is 14.2. The normalized spacial score (nSPS) is 19.2. The second-order valence-corrected chi connectivity index (χ2v) is 8.68. The predicted molar refractivity (Wildman–Crippen MR) is 116 cm³/mol. The number of benzene rings is 2. The quantitative estimate of drug-likeness (QED) is 0.513. The van der Waals surface area contributed by atoms with Crippen molar-refractivity contribution in [2.45, 2.75) is 31.9 Å².